The SMILES string of the molecule is CCOc1ccc(OC(C)C(=O)NNC(=O)C23CC4CC(CC(C4)C2)C3)cc1. The van der Waals surface area contributed by atoms with E-state index in [1.54, 1.807) is 31.2 Å². The van der Waals surface area contributed by atoms with Crippen LogP contribution in [0.5, 0.6) is 11.5 Å². The lowest BCUT2D eigenvalue weighted by Gasteiger charge is -2.55. The number of rotatable bonds is 6. The van der Waals surface area contributed by atoms with E-state index in [-0.39, 0.29) is 17.2 Å². The lowest BCUT2D eigenvalue weighted by molar-refractivity contribution is -0.149. The zero-order valence-electron chi connectivity index (χ0n) is 16.7. The fourth-order valence-corrected chi connectivity index (χ4v) is 5.78. The minimum Gasteiger partial charge on any atom is -0.494 e. The van der Waals surface area contributed by atoms with E-state index < -0.39 is 6.10 Å². The highest BCUT2D eigenvalue weighted by molar-refractivity contribution is 5.87. The minimum absolute atomic E-state index is 0.0202. The number of carbonyl (C=O) groups is 2. The number of amides is 2. The number of benzene rings is 1. The molecule has 0 spiro atoms. The highest BCUT2D eigenvalue weighted by Crippen LogP contribution is 2.60. The average molecular weight is 386 g/mol. The van der Waals surface area contributed by atoms with Crippen LogP contribution in [0.25, 0.3) is 0 Å². The summed E-state index contributed by atoms with van der Waals surface area (Å²) in [7, 11) is 0. The van der Waals surface area contributed by atoms with Crippen molar-refractivity contribution in [3.05, 3.63) is 24.3 Å². The number of hydrazine groups is 1. The van der Waals surface area contributed by atoms with Gasteiger partial charge in [0.2, 0.25) is 5.91 Å². The van der Waals surface area contributed by atoms with Crippen molar-refractivity contribution in [1.82, 2.24) is 10.9 Å². The molecule has 0 saturated heterocycles. The second-order valence-corrected chi connectivity index (χ2v) is 8.81. The molecular weight excluding hydrogens is 356 g/mol. The first-order chi connectivity index (χ1) is 13.5. The normalized spacial score (nSPS) is 31.1. The third-order valence-corrected chi connectivity index (χ3v) is 6.64. The largest absolute Gasteiger partial charge is 0.494 e. The second kappa shape index (κ2) is 7.64. The van der Waals surface area contributed by atoms with Crippen LogP contribution in [0, 0.1) is 23.2 Å². The molecule has 1 aromatic carbocycles. The molecule has 152 valence electrons. The monoisotopic (exact) mass is 386 g/mol. The summed E-state index contributed by atoms with van der Waals surface area (Å²) in [6.45, 7) is 4.19. The highest BCUT2D eigenvalue weighted by Gasteiger charge is 2.54. The van der Waals surface area contributed by atoms with Crippen LogP contribution in [0.4, 0.5) is 0 Å². The van der Waals surface area contributed by atoms with Crippen molar-refractivity contribution < 1.29 is 19.1 Å². The third kappa shape index (κ3) is 3.82. The summed E-state index contributed by atoms with van der Waals surface area (Å²) < 4.78 is 11.1. The Hall–Kier alpha value is -2.24. The maximum atomic E-state index is 12.9. The molecule has 6 nitrogen and oxygen atoms in total. The Bertz CT molecular complexity index is 695. The van der Waals surface area contributed by atoms with E-state index in [1.807, 2.05) is 6.92 Å². The van der Waals surface area contributed by atoms with Crippen LogP contribution >= 0.6 is 0 Å². The van der Waals surface area contributed by atoms with E-state index >= 15 is 0 Å². The van der Waals surface area contributed by atoms with Gasteiger partial charge in [-0.1, -0.05) is 0 Å². The molecule has 4 saturated carbocycles. The molecule has 4 aliphatic rings. The van der Waals surface area contributed by atoms with Gasteiger partial charge in [0.15, 0.2) is 6.10 Å². The van der Waals surface area contributed by atoms with Crippen molar-refractivity contribution in [1.29, 1.82) is 0 Å². The van der Waals surface area contributed by atoms with E-state index in [4.69, 9.17) is 9.47 Å². The summed E-state index contributed by atoms with van der Waals surface area (Å²) in [5.74, 6) is 3.03. The zero-order chi connectivity index (χ0) is 19.7. The van der Waals surface area contributed by atoms with Gasteiger partial charge < -0.3 is 9.47 Å². The molecule has 1 aromatic rings. The molecular formula is C22H30N2O4. The Morgan fingerprint density at radius 1 is 1.00 bits per heavy atom. The lowest BCUT2D eigenvalue weighted by atomic mass is 9.49. The molecule has 2 amide bonds. The van der Waals surface area contributed by atoms with Gasteiger partial charge in [-0.05, 0) is 94.4 Å². The van der Waals surface area contributed by atoms with Gasteiger partial charge in [-0.3, -0.25) is 20.4 Å². The molecule has 4 bridgehead atoms. The molecule has 1 atom stereocenters. The predicted molar refractivity (Wildman–Crippen MR) is 105 cm³/mol. The predicted octanol–water partition coefficient (Wildman–Crippen LogP) is 3.22. The van der Waals surface area contributed by atoms with E-state index in [2.05, 4.69) is 10.9 Å². The molecule has 1 unspecified atom stereocenters. The Labute approximate surface area is 166 Å². The van der Waals surface area contributed by atoms with E-state index in [9.17, 15) is 9.59 Å². The van der Waals surface area contributed by atoms with Crippen molar-refractivity contribution in [3.8, 4) is 11.5 Å². The Morgan fingerprint density at radius 3 is 2.07 bits per heavy atom. The van der Waals surface area contributed by atoms with Crippen molar-refractivity contribution in [2.45, 2.75) is 58.5 Å². The number of nitrogens with one attached hydrogen (secondary N) is 2. The summed E-state index contributed by atoms with van der Waals surface area (Å²) >= 11 is 0. The molecule has 2 N–H and O–H groups in total. The first-order valence-corrected chi connectivity index (χ1v) is 10.5. The fourth-order valence-electron chi connectivity index (χ4n) is 5.78. The average Bonchev–Trinajstić information content (AvgIpc) is 2.66. The number of carbonyl (C=O) groups excluding carboxylic acids is 2. The number of ether oxygens (including phenoxy) is 2. The van der Waals surface area contributed by atoms with Crippen molar-refractivity contribution >= 4 is 11.8 Å². The lowest BCUT2D eigenvalue weighted by Crippen LogP contribution is -2.57. The number of hydrogen-bond acceptors (Lipinski definition) is 4. The van der Waals surface area contributed by atoms with Crippen molar-refractivity contribution in [3.63, 3.8) is 0 Å². The van der Waals surface area contributed by atoms with Crippen LogP contribution in [-0.4, -0.2) is 24.5 Å². The van der Waals surface area contributed by atoms with Crippen LogP contribution in [0.1, 0.15) is 52.4 Å². The van der Waals surface area contributed by atoms with Gasteiger partial charge in [-0.2, -0.15) is 0 Å². The minimum atomic E-state index is -0.713. The first kappa shape index (κ1) is 19.1. The summed E-state index contributed by atoms with van der Waals surface area (Å²) in [4.78, 5) is 25.3. The summed E-state index contributed by atoms with van der Waals surface area (Å²) in [6, 6.07) is 7.14. The van der Waals surface area contributed by atoms with Gasteiger partial charge in [-0.25, -0.2) is 0 Å². The third-order valence-electron chi connectivity index (χ3n) is 6.64. The summed E-state index contributed by atoms with van der Waals surface area (Å²) in [5.41, 5.74) is 4.99. The van der Waals surface area contributed by atoms with Gasteiger partial charge in [0.05, 0.1) is 12.0 Å². The molecule has 4 aliphatic carbocycles. The summed E-state index contributed by atoms with van der Waals surface area (Å²) in [6.07, 6.45) is 6.05. The summed E-state index contributed by atoms with van der Waals surface area (Å²) in [5, 5.41) is 0. The van der Waals surface area contributed by atoms with Gasteiger partial charge in [0.25, 0.3) is 5.91 Å². The molecule has 0 aromatic heterocycles. The maximum Gasteiger partial charge on any atom is 0.279 e. The van der Waals surface area contributed by atoms with Crippen LogP contribution in [0.2, 0.25) is 0 Å². The molecule has 0 radical (unpaired) electrons. The standard InChI is InChI=1S/C22H30N2O4/c1-3-27-18-4-6-19(7-5-18)28-14(2)20(25)23-24-21(26)22-11-15-8-16(12-22)10-17(9-15)13-22/h4-7,14-17H,3,8-13H2,1-2H3,(H,23,25)(H,24,26). The zero-order valence-corrected chi connectivity index (χ0v) is 16.7. The fraction of sp³-hybridized carbons (Fsp3) is 0.636. The van der Waals surface area contributed by atoms with Crippen LogP contribution < -0.4 is 20.3 Å². The van der Waals surface area contributed by atoms with Gasteiger partial charge >= 0.3 is 0 Å². The quantitative estimate of drug-likeness (QED) is 0.736. The van der Waals surface area contributed by atoms with Gasteiger partial charge in [-0.15, -0.1) is 0 Å². The number of hydrogen-bond donors (Lipinski definition) is 2. The maximum absolute atomic E-state index is 12.9. The Morgan fingerprint density at radius 2 is 1.54 bits per heavy atom. The van der Waals surface area contributed by atoms with E-state index in [0.29, 0.717) is 30.1 Å². The molecule has 28 heavy (non-hydrogen) atoms. The van der Waals surface area contributed by atoms with Crippen molar-refractivity contribution in [2.24, 2.45) is 23.2 Å². The molecule has 0 aliphatic heterocycles. The van der Waals surface area contributed by atoms with E-state index in [1.165, 1.54) is 19.3 Å². The second-order valence-electron chi connectivity index (χ2n) is 8.81. The van der Waals surface area contributed by atoms with Crippen LogP contribution in [-0.2, 0) is 9.59 Å². The van der Waals surface area contributed by atoms with Crippen LogP contribution in [0.3, 0.4) is 0 Å². The van der Waals surface area contributed by atoms with Crippen molar-refractivity contribution in [2.75, 3.05) is 6.61 Å². The molecule has 4 fully saturated rings. The Balaban J connectivity index is 1.28. The van der Waals surface area contributed by atoms with Gasteiger partial charge in [0.1, 0.15) is 11.5 Å². The Kier molecular flexibility index (Phi) is 5.21. The molecule has 6 heteroatoms. The van der Waals surface area contributed by atoms with Crippen LogP contribution in [0.15, 0.2) is 24.3 Å². The van der Waals surface area contributed by atoms with E-state index in [0.717, 1.165) is 25.0 Å². The smallest absolute Gasteiger partial charge is 0.279 e. The molecule has 5 rings (SSSR count). The highest BCUT2D eigenvalue weighted by atomic mass is 16.5. The first-order valence-electron chi connectivity index (χ1n) is 10.5. The molecule has 0 heterocycles. The van der Waals surface area contributed by atoms with Gasteiger partial charge in [0, 0.05) is 0 Å². The topological polar surface area (TPSA) is 76.7 Å².